The Balaban J connectivity index is 1.16. The van der Waals surface area contributed by atoms with Crippen molar-refractivity contribution in [3.8, 4) is 5.75 Å². The third-order valence-corrected chi connectivity index (χ3v) is 6.77. The van der Waals surface area contributed by atoms with Crippen molar-refractivity contribution in [1.82, 2.24) is 10.2 Å². The van der Waals surface area contributed by atoms with E-state index in [2.05, 4.69) is 31.0 Å². The standard InChI is InChI=1S/C25H37FN2O2/c1-25(2,3)16-28-11-8-17(9-12-28)22-14-18(22)10-13-30-20-6-7-21(23(26)15-20)24(29)27-19-4-5-19/h6-7,15,17-19,22H,4-5,8-14,16H2,1-3H3,(H,27,29)/t18-,22-/m1/s1. The number of hydrogen-bond acceptors (Lipinski definition) is 3. The quantitative estimate of drug-likeness (QED) is 0.657. The molecule has 2 saturated carbocycles. The molecular weight excluding hydrogens is 379 g/mol. The first kappa shape index (κ1) is 21.6. The zero-order valence-corrected chi connectivity index (χ0v) is 18.8. The molecule has 1 aromatic carbocycles. The molecule has 1 heterocycles. The highest BCUT2D eigenvalue weighted by molar-refractivity contribution is 5.95. The molecule has 30 heavy (non-hydrogen) atoms. The molecule has 1 aliphatic heterocycles. The maximum absolute atomic E-state index is 14.3. The minimum atomic E-state index is -0.503. The van der Waals surface area contributed by atoms with Gasteiger partial charge < -0.3 is 15.0 Å². The summed E-state index contributed by atoms with van der Waals surface area (Å²) in [6, 6.07) is 4.82. The lowest BCUT2D eigenvalue weighted by atomic mass is 9.88. The first-order chi connectivity index (χ1) is 14.3. The summed E-state index contributed by atoms with van der Waals surface area (Å²) in [5, 5.41) is 2.82. The van der Waals surface area contributed by atoms with E-state index in [4.69, 9.17) is 4.74 Å². The van der Waals surface area contributed by atoms with Gasteiger partial charge >= 0.3 is 0 Å². The van der Waals surface area contributed by atoms with E-state index in [1.54, 1.807) is 6.07 Å². The van der Waals surface area contributed by atoms with Gasteiger partial charge in [0, 0.05) is 18.7 Å². The Labute approximate surface area is 180 Å². The van der Waals surface area contributed by atoms with Gasteiger partial charge in [-0.25, -0.2) is 4.39 Å². The second kappa shape index (κ2) is 8.86. The number of hydrogen-bond donors (Lipinski definition) is 1. The van der Waals surface area contributed by atoms with Crippen LogP contribution in [0.4, 0.5) is 4.39 Å². The van der Waals surface area contributed by atoms with Gasteiger partial charge in [-0.2, -0.15) is 0 Å². The number of amides is 1. The van der Waals surface area contributed by atoms with Crippen LogP contribution in [0.3, 0.4) is 0 Å². The van der Waals surface area contributed by atoms with Crippen LogP contribution in [0.5, 0.6) is 5.75 Å². The van der Waals surface area contributed by atoms with Crippen molar-refractivity contribution in [2.24, 2.45) is 23.2 Å². The second-order valence-electron chi connectivity index (χ2n) is 10.9. The number of likely N-dealkylation sites (tertiary alicyclic amines) is 1. The van der Waals surface area contributed by atoms with Crippen LogP contribution in [-0.4, -0.2) is 43.1 Å². The molecule has 0 spiro atoms. The molecule has 0 bridgehead atoms. The number of piperidine rings is 1. The van der Waals surface area contributed by atoms with Crippen molar-refractivity contribution >= 4 is 5.91 Å². The fourth-order valence-electron chi connectivity index (χ4n) is 4.98. The molecule has 1 saturated heterocycles. The van der Waals surface area contributed by atoms with Gasteiger partial charge in [0.25, 0.3) is 5.91 Å². The first-order valence-electron chi connectivity index (χ1n) is 11.7. The number of benzene rings is 1. The van der Waals surface area contributed by atoms with Gasteiger partial charge in [0.05, 0.1) is 12.2 Å². The van der Waals surface area contributed by atoms with Crippen LogP contribution in [0.1, 0.15) is 69.7 Å². The topological polar surface area (TPSA) is 41.6 Å². The van der Waals surface area contributed by atoms with E-state index in [1.165, 1.54) is 51.0 Å². The zero-order chi connectivity index (χ0) is 21.3. The van der Waals surface area contributed by atoms with E-state index < -0.39 is 5.82 Å². The molecular formula is C25H37FN2O2. The molecule has 0 aromatic heterocycles. The average Bonchev–Trinajstić information content (AvgIpc) is 3.58. The van der Waals surface area contributed by atoms with Gasteiger partial charge in [-0.05, 0) is 86.9 Å². The normalized spacial score (nSPS) is 25.2. The first-order valence-corrected chi connectivity index (χ1v) is 11.7. The van der Waals surface area contributed by atoms with Crippen LogP contribution in [0.2, 0.25) is 0 Å². The molecule has 4 nitrogen and oxygen atoms in total. The lowest BCUT2D eigenvalue weighted by molar-refractivity contribution is 0.0947. The molecule has 0 unspecified atom stereocenters. The smallest absolute Gasteiger partial charge is 0.254 e. The Morgan fingerprint density at radius 1 is 1.20 bits per heavy atom. The highest BCUT2D eigenvalue weighted by atomic mass is 19.1. The van der Waals surface area contributed by atoms with Crippen LogP contribution in [0.15, 0.2) is 18.2 Å². The molecule has 1 aromatic rings. The number of rotatable bonds is 8. The fraction of sp³-hybridized carbons (Fsp3) is 0.720. The van der Waals surface area contributed by atoms with Crippen molar-refractivity contribution in [2.45, 2.75) is 65.3 Å². The molecule has 3 aliphatic rings. The lowest BCUT2D eigenvalue weighted by Gasteiger charge is -2.36. The van der Waals surface area contributed by atoms with Gasteiger partial charge in [0.2, 0.25) is 0 Å². The summed E-state index contributed by atoms with van der Waals surface area (Å²) in [6.07, 6.45) is 7.00. The van der Waals surface area contributed by atoms with Crippen LogP contribution in [0.25, 0.3) is 0 Å². The Bertz CT molecular complexity index is 748. The minimum absolute atomic E-state index is 0.106. The fourth-order valence-corrected chi connectivity index (χ4v) is 4.98. The predicted molar refractivity (Wildman–Crippen MR) is 117 cm³/mol. The second-order valence-corrected chi connectivity index (χ2v) is 10.9. The Morgan fingerprint density at radius 3 is 2.57 bits per heavy atom. The largest absolute Gasteiger partial charge is 0.493 e. The van der Waals surface area contributed by atoms with Gasteiger partial charge in [-0.1, -0.05) is 20.8 Å². The molecule has 2 atom stereocenters. The maximum Gasteiger partial charge on any atom is 0.254 e. The van der Waals surface area contributed by atoms with Gasteiger partial charge in [0.1, 0.15) is 11.6 Å². The SMILES string of the molecule is CC(C)(C)CN1CCC([C@H]2C[C@H]2CCOc2ccc(C(=O)NC3CC3)c(F)c2)CC1. The van der Waals surface area contributed by atoms with Gasteiger partial charge in [0.15, 0.2) is 0 Å². The molecule has 1 N–H and O–H groups in total. The number of carbonyl (C=O) groups is 1. The molecule has 2 aliphatic carbocycles. The highest BCUT2D eigenvalue weighted by Crippen LogP contribution is 2.49. The van der Waals surface area contributed by atoms with Crippen LogP contribution in [-0.2, 0) is 0 Å². The van der Waals surface area contributed by atoms with Crippen molar-refractivity contribution in [3.05, 3.63) is 29.6 Å². The van der Waals surface area contributed by atoms with E-state index in [1.807, 2.05) is 0 Å². The summed E-state index contributed by atoms with van der Waals surface area (Å²) in [4.78, 5) is 14.6. The Morgan fingerprint density at radius 2 is 1.93 bits per heavy atom. The van der Waals surface area contributed by atoms with Crippen LogP contribution < -0.4 is 10.1 Å². The zero-order valence-electron chi connectivity index (χ0n) is 18.8. The van der Waals surface area contributed by atoms with Gasteiger partial charge in [-0.3, -0.25) is 4.79 Å². The van der Waals surface area contributed by atoms with E-state index >= 15 is 0 Å². The summed E-state index contributed by atoms with van der Waals surface area (Å²) < 4.78 is 20.1. The summed E-state index contributed by atoms with van der Waals surface area (Å²) in [6.45, 7) is 11.2. The monoisotopic (exact) mass is 416 g/mol. The Kier molecular flexibility index (Phi) is 6.38. The summed E-state index contributed by atoms with van der Waals surface area (Å²) >= 11 is 0. The predicted octanol–water partition coefficient (Wildman–Crippen LogP) is 4.88. The van der Waals surface area contributed by atoms with E-state index in [0.717, 1.165) is 37.0 Å². The number of nitrogens with zero attached hydrogens (tertiary/aromatic N) is 1. The molecule has 3 fully saturated rings. The summed E-state index contributed by atoms with van der Waals surface area (Å²) in [5.41, 5.74) is 0.486. The van der Waals surface area contributed by atoms with Crippen molar-refractivity contribution < 1.29 is 13.9 Å². The van der Waals surface area contributed by atoms with Crippen LogP contribution >= 0.6 is 0 Å². The lowest BCUT2D eigenvalue weighted by Crippen LogP contribution is -2.39. The van der Waals surface area contributed by atoms with E-state index in [0.29, 0.717) is 17.8 Å². The molecule has 0 radical (unpaired) electrons. The summed E-state index contributed by atoms with van der Waals surface area (Å²) in [5.74, 6) is 2.18. The average molecular weight is 417 g/mol. The molecule has 4 rings (SSSR count). The van der Waals surface area contributed by atoms with Crippen molar-refractivity contribution in [1.29, 1.82) is 0 Å². The van der Waals surface area contributed by atoms with Gasteiger partial charge in [-0.15, -0.1) is 0 Å². The Hall–Kier alpha value is -1.62. The van der Waals surface area contributed by atoms with Crippen LogP contribution in [0, 0.1) is 29.0 Å². The number of halogens is 1. The van der Waals surface area contributed by atoms with E-state index in [9.17, 15) is 9.18 Å². The minimum Gasteiger partial charge on any atom is -0.493 e. The number of ether oxygens (including phenoxy) is 1. The molecule has 1 amide bonds. The highest BCUT2D eigenvalue weighted by Gasteiger charge is 2.43. The summed E-state index contributed by atoms with van der Waals surface area (Å²) in [7, 11) is 0. The molecule has 166 valence electrons. The maximum atomic E-state index is 14.3. The van der Waals surface area contributed by atoms with Crippen molar-refractivity contribution in [3.63, 3.8) is 0 Å². The van der Waals surface area contributed by atoms with E-state index in [-0.39, 0.29) is 17.5 Å². The third-order valence-electron chi connectivity index (χ3n) is 6.77. The molecule has 5 heteroatoms. The number of carbonyl (C=O) groups excluding carboxylic acids is 1. The van der Waals surface area contributed by atoms with Crippen molar-refractivity contribution in [2.75, 3.05) is 26.2 Å². The third kappa shape index (κ3) is 5.96. The number of nitrogens with one attached hydrogen (secondary N) is 1.